The summed E-state index contributed by atoms with van der Waals surface area (Å²) in [7, 11) is 0. The van der Waals surface area contributed by atoms with Gasteiger partial charge in [0.1, 0.15) is 24.4 Å². The largest absolute Gasteiger partial charge is 0.394 e. The maximum absolute atomic E-state index is 13.1. The molecule has 0 radical (unpaired) electrons. The van der Waals surface area contributed by atoms with Gasteiger partial charge in [-0.25, -0.2) is 0 Å². The minimum absolute atomic E-state index is 0.188. The average molecular weight is 989 g/mol. The highest BCUT2D eigenvalue weighted by molar-refractivity contribution is 5.76. The summed E-state index contributed by atoms with van der Waals surface area (Å²) in [5.41, 5.74) is 0. The fourth-order valence-corrected chi connectivity index (χ4v) is 9.36. The van der Waals surface area contributed by atoms with Crippen molar-refractivity contribution >= 4 is 5.91 Å². The number of unbranched alkanes of at least 4 members (excludes halogenated alkanes) is 35. The first-order valence-electron chi connectivity index (χ1n) is 29.9. The second kappa shape index (κ2) is 50.7. The molecule has 410 valence electrons. The van der Waals surface area contributed by atoms with Crippen LogP contribution in [0.25, 0.3) is 0 Å². The van der Waals surface area contributed by atoms with Crippen molar-refractivity contribution in [2.75, 3.05) is 13.2 Å². The van der Waals surface area contributed by atoms with Gasteiger partial charge in [0, 0.05) is 6.42 Å². The topological polar surface area (TPSA) is 149 Å². The standard InChI is InChI=1S/C61H113NO8/c1-3-5-7-9-11-13-15-17-19-21-23-25-27-28-29-31-33-35-37-39-41-43-45-47-49-51-57(65)62-54(53-69-61-60(68)59(67)58(66)56(52-63)70-61)55(64)50-48-46-44-42-40-38-36-34-32-30-26-24-22-20-18-16-14-12-10-8-6-4-2/h21,23,32,34,40,42,48,50,54-56,58-61,63-64,66-68H,3-20,22,24-31,33,35-39,41,43-47,49,51-53H2,1-2H3,(H,62,65)/b23-21-,34-32+,42-40+,50-48+. The van der Waals surface area contributed by atoms with E-state index < -0.39 is 49.5 Å². The number of rotatable bonds is 51. The van der Waals surface area contributed by atoms with Gasteiger partial charge in [0.2, 0.25) is 5.91 Å². The molecule has 7 unspecified atom stereocenters. The lowest BCUT2D eigenvalue weighted by molar-refractivity contribution is -0.302. The molecule has 1 saturated heterocycles. The SMILES string of the molecule is CCCCCCCCCC/C=C\CCCCCCCCCCCCCCCC(=O)NC(COC1OC(CO)C(O)C(O)C1O)C(O)/C=C/CC/C=C/CC/C=C/CCCCCCCCCCCCCC. The van der Waals surface area contributed by atoms with E-state index in [0.717, 1.165) is 44.9 Å². The molecule has 0 aromatic carbocycles. The van der Waals surface area contributed by atoms with Crippen molar-refractivity contribution < 1.29 is 39.8 Å². The van der Waals surface area contributed by atoms with Gasteiger partial charge in [0.15, 0.2) is 6.29 Å². The van der Waals surface area contributed by atoms with E-state index in [1.54, 1.807) is 6.08 Å². The number of ether oxygens (including phenoxy) is 2. The van der Waals surface area contributed by atoms with E-state index in [4.69, 9.17) is 9.47 Å². The number of nitrogens with one attached hydrogen (secondary N) is 1. The monoisotopic (exact) mass is 988 g/mol. The van der Waals surface area contributed by atoms with Gasteiger partial charge < -0.3 is 40.3 Å². The number of aliphatic hydroxyl groups excluding tert-OH is 5. The fraction of sp³-hybridized carbons (Fsp3) is 0.852. The smallest absolute Gasteiger partial charge is 0.220 e. The summed E-state index contributed by atoms with van der Waals surface area (Å²) >= 11 is 0. The molecular formula is C61H113NO8. The molecule has 6 N–H and O–H groups in total. The molecule has 9 nitrogen and oxygen atoms in total. The highest BCUT2D eigenvalue weighted by Crippen LogP contribution is 2.23. The van der Waals surface area contributed by atoms with E-state index in [1.165, 1.54) is 212 Å². The summed E-state index contributed by atoms with van der Waals surface area (Å²) < 4.78 is 11.3. The second-order valence-electron chi connectivity index (χ2n) is 20.8. The molecule has 0 saturated carbocycles. The Labute approximate surface area is 431 Å². The predicted octanol–water partition coefficient (Wildman–Crippen LogP) is 14.9. The zero-order chi connectivity index (χ0) is 50.8. The molecule has 9 heteroatoms. The maximum Gasteiger partial charge on any atom is 0.220 e. The van der Waals surface area contributed by atoms with Crippen LogP contribution >= 0.6 is 0 Å². The number of hydrogen-bond donors (Lipinski definition) is 6. The normalized spacial score (nSPS) is 19.7. The maximum atomic E-state index is 13.1. The van der Waals surface area contributed by atoms with Gasteiger partial charge in [-0.2, -0.15) is 0 Å². The molecule has 1 amide bonds. The summed E-state index contributed by atoms with van der Waals surface area (Å²) in [6.45, 7) is 3.78. The molecule has 0 aliphatic carbocycles. The van der Waals surface area contributed by atoms with Crippen molar-refractivity contribution in [3.63, 3.8) is 0 Å². The number of amides is 1. The number of carbonyl (C=O) groups is 1. The number of aliphatic hydroxyl groups is 5. The summed E-state index contributed by atoms with van der Waals surface area (Å²) in [6.07, 6.45) is 60.4. The summed E-state index contributed by atoms with van der Waals surface area (Å²) in [6, 6.07) is -0.829. The van der Waals surface area contributed by atoms with Crippen molar-refractivity contribution in [2.24, 2.45) is 0 Å². The molecule has 1 aliphatic heterocycles. The van der Waals surface area contributed by atoms with Crippen molar-refractivity contribution in [3.05, 3.63) is 48.6 Å². The van der Waals surface area contributed by atoms with Crippen LogP contribution in [0.3, 0.4) is 0 Å². The summed E-state index contributed by atoms with van der Waals surface area (Å²) in [4.78, 5) is 13.1. The third-order valence-electron chi connectivity index (χ3n) is 14.1. The minimum Gasteiger partial charge on any atom is -0.394 e. The van der Waals surface area contributed by atoms with Gasteiger partial charge in [0.25, 0.3) is 0 Å². The second-order valence-corrected chi connectivity index (χ2v) is 20.8. The highest BCUT2D eigenvalue weighted by atomic mass is 16.7. The van der Waals surface area contributed by atoms with Crippen LogP contribution in [0, 0.1) is 0 Å². The quantitative estimate of drug-likeness (QED) is 0.0261. The van der Waals surface area contributed by atoms with Crippen LogP contribution in [-0.2, 0) is 14.3 Å². The van der Waals surface area contributed by atoms with Crippen LogP contribution in [0.2, 0.25) is 0 Å². The number of hydrogen-bond acceptors (Lipinski definition) is 8. The van der Waals surface area contributed by atoms with Crippen LogP contribution in [0.1, 0.15) is 277 Å². The van der Waals surface area contributed by atoms with Gasteiger partial charge in [-0.15, -0.1) is 0 Å². The Morgan fingerprint density at radius 3 is 1.20 bits per heavy atom. The molecule has 0 aromatic rings. The van der Waals surface area contributed by atoms with Crippen LogP contribution in [0.5, 0.6) is 0 Å². The molecule has 0 spiro atoms. The van der Waals surface area contributed by atoms with Crippen molar-refractivity contribution in [2.45, 2.75) is 320 Å². The van der Waals surface area contributed by atoms with Crippen LogP contribution in [0.4, 0.5) is 0 Å². The zero-order valence-electron chi connectivity index (χ0n) is 45.5. The van der Waals surface area contributed by atoms with E-state index in [1.807, 2.05) is 6.08 Å². The molecule has 7 atom stereocenters. The van der Waals surface area contributed by atoms with Crippen LogP contribution in [0.15, 0.2) is 48.6 Å². The van der Waals surface area contributed by atoms with E-state index in [0.29, 0.717) is 6.42 Å². The summed E-state index contributed by atoms with van der Waals surface area (Å²) in [5, 5.41) is 54.5. The first-order valence-corrected chi connectivity index (χ1v) is 29.9. The zero-order valence-corrected chi connectivity index (χ0v) is 45.5. The fourth-order valence-electron chi connectivity index (χ4n) is 9.36. The van der Waals surface area contributed by atoms with E-state index in [9.17, 15) is 30.3 Å². The lowest BCUT2D eigenvalue weighted by Gasteiger charge is -2.40. The molecule has 0 aromatic heterocycles. The van der Waals surface area contributed by atoms with Gasteiger partial charge >= 0.3 is 0 Å². The lowest BCUT2D eigenvalue weighted by atomic mass is 9.99. The van der Waals surface area contributed by atoms with Gasteiger partial charge in [0.05, 0.1) is 25.4 Å². The Morgan fingerprint density at radius 2 is 0.814 bits per heavy atom. The Balaban J connectivity index is 2.24. The Hall–Kier alpha value is -1.85. The molecule has 1 rings (SSSR count). The van der Waals surface area contributed by atoms with E-state index in [2.05, 4.69) is 55.6 Å². The Bertz CT molecular complexity index is 1240. The van der Waals surface area contributed by atoms with E-state index in [-0.39, 0.29) is 12.5 Å². The number of carbonyl (C=O) groups excluding carboxylic acids is 1. The number of allylic oxidation sites excluding steroid dienone is 7. The van der Waals surface area contributed by atoms with Crippen molar-refractivity contribution in [3.8, 4) is 0 Å². The van der Waals surface area contributed by atoms with Crippen molar-refractivity contribution in [1.29, 1.82) is 0 Å². The first-order chi connectivity index (χ1) is 34.3. The molecule has 1 aliphatic rings. The average Bonchev–Trinajstić information content (AvgIpc) is 3.36. The van der Waals surface area contributed by atoms with E-state index >= 15 is 0 Å². The molecule has 1 heterocycles. The predicted molar refractivity (Wildman–Crippen MR) is 295 cm³/mol. The highest BCUT2D eigenvalue weighted by Gasteiger charge is 2.44. The summed E-state index contributed by atoms with van der Waals surface area (Å²) in [5.74, 6) is -0.188. The first kappa shape index (κ1) is 66.2. The van der Waals surface area contributed by atoms with Crippen molar-refractivity contribution in [1.82, 2.24) is 5.32 Å². The third-order valence-corrected chi connectivity index (χ3v) is 14.1. The van der Waals surface area contributed by atoms with Gasteiger partial charge in [-0.3, -0.25) is 4.79 Å². The third kappa shape index (κ3) is 39.7. The Kier molecular flexibility index (Phi) is 47.9. The molecule has 1 fully saturated rings. The molecule has 0 bridgehead atoms. The minimum atomic E-state index is -1.58. The Morgan fingerprint density at radius 1 is 0.471 bits per heavy atom. The van der Waals surface area contributed by atoms with Crippen LogP contribution < -0.4 is 5.32 Å². The molecular weight excluding hydrogens is 875 g/mol. The van der Waals surface area contributed by atoms with Crippen LogP contribution in [-0.4, -0.2) is 87.5 Å². The van der Waals surface area contributed by atoms with Gasteiger partial charge in [-0.05, 0) is 70.6 Å². The molecule has 70 heavy (non-hydrogen) atoms. The van der Waals surface area contributed by atoms with Gasteiger partial charge in [-0.1, -0.05) is 249 Å². The lowest BCUT2D eigenvalue weighted by Crippen LogP contribution is -2.60.